The summed E-state index contributed by atoms with van der Waals surface area (Å²) in [6.45, 7) is 3.21. The third-order valence-electron chi connectivity index (χ3n) is 8.26. The summed E-state index contributed by atoms with van der Waals surface area (Å²) < 4.78 is 26.3. The Morgan fingerprint density at radius 2 is 1.00 bits per heavy atom. The Labute approximate surface area is 282 Å². The summed E-state index contributed by atoms with van der Waals surface area (Å²) in [5.41, 5.74) is 0. The predicted octanol–water partition coefficient (Wildman–Crippen LogP) is 9.71. The van der Waals surface area contributed by atoms with Gasteiger partial charge in [-0.15, -0.1) is 0 Å². The number of esters is 1. The minimum absolute atomic E-state index is 0.0759. The molecule has 0 spiro atoms. The molecule has 2 unspecified atom stereocenters. The van der Waals surface area contributed by atoms with Gasteiger partial charge >= 0.3 is 13.8 Å². The van der Waals surface area contributed by atoms with Crippen LogP contribution in [0.2, 0.25) is 0 Å². The number of phosphoric acid groups is 1. The number of hydrogen-bond donors (Lipinski definition) is 3. The van der Waals surface area contributed by atoms with Crippen molar-refractivity contribution in [3.63, 3.8) is 0 Å². The number of amides is 1. The van der Waals surface area contributed by atoms with Crippen LogP contribution in [0, 0.1) is 0 Å². The molecule has 0 aromatic rings. The van der Waals surface area contributed by atoms with Gasteiger partial charge in [0.05, 0.1) is 13.2 Å². The van der Waals surface area contributed by atoms with Crippen molar-refractivity contribution < 1.29 is 37.9 Å². The van der Waals surface area contributed by atoms with E-state index in [1.165, 1.54) is 135 Å². The maximum absolute atomic E-state index is 11.9. The lowest BCUT2D eigenvalue weighted by Gasteiger charge is -2.15. The van der Waals surface area contributed by atoms with E-state index in [0.29, 0.717) is 12.8 Å². The number of carbonyl (C=O) groups is 2. The average Bonchev–Trinajstić information content (AvgIpc) is 3.03. The molecule has 0 heterocycles. The van der Waals surface area contributed by atoms with E-state index >= 15 is 0 Å². The molecule has 3 N–H and O–H groups in total. The van der Waals surface area contributed by atoms with Crippen LogP contribution in [-0.2, 0) is 27.9 Å². The van der Waals surface area contributed by atoms with Gasteiger partial charge in [0.1, 0.15) is 12.7 Å². The largest absolute Gasteiger partial charge is 0.472 e. The molecule has 1 amide bonds. The summed E-state index contributed by atoms with van der Waals surface area (Å²) in [5, 5.41) is 12.4. The van der Waals surface area contributed by atoms with Gasteiger partial charge < -0.3 is 20.1 Å². The Hall–Kier alpha value is -0.990. The van der Waals surface area contributed by atoms with Gasteiger partial charge in [0.2, 0.25) is 5.91 Å². The maximum Gasteiger partial charge on any atom is 0.472 e. The van der Waals surface area contributed by atoms with Crippen molar-refractivity contribution in [3.8, 4) is 0 Å². The van der Waals surface area contributed by atoms with Crippen molar-refractivity contribution >= 4 is 19.7 Å². The third kappa shape index (κ3) is 34.3. The molecule has 10 heteroatoms. The molecule has 0 saturated heterocycles. The summed E-state index contributed by atoms with van der Waals surface area (Å²) in [7, 11) is -4.37. The van der Waals surface area contributed by atoms with Gasteiger partial charge in [-0.05, 0) is 12.8 Å². The van der Waals surface area contributed by atoms with E-state index in [9.17, 15) is 24.2 Å². The molecular weight excluding hydrogens is 605 g/mol. The Morgan fingerprint density at radius 1 is 0.587 bits per heavy atom. The van der Waals surface area contributed by atoms with Crippen LogP contribution in [-0.4, -0.2) is 54.3 Å². The lowest BCUT2D eigenvalue weighted by molar-refractivity contribution is -0.147. The van der Waals surface area contributed by atoms with E-state index in [0.717, 1.165) is 19.3 Å². The number of rotatable bonds is 36. The summed E-state index contributed by atoms with van der Waals surface area (Å²) >= 11 is 0. The lowest BCUT2D eigenvalue weighted by Crippen LogP contribution is -2.27. The normalized spacial score (nSPS) is 13.4. The molecule has 0 fully saturated rings. The van der Waals surface area contributed by atoms with E-state index < -0.39 is 26.5 Å². The van der Waals surface area contributed by atoms with Gasteiger partial charge in [0.25, 0.3) is 0 Å². The van der Waals surface area contributed by atoms with Crippen LogP contribution in [0.15, 0.2) is 0 Å². The number of aliphatic hydroxyl groups excluding tert-OH is 1. The first-order valence-corrected chi connectivity index (χ1v) is 20.5. The number of ether oxygens (including phenoxy) is 1. The van der Waals surface area contributed by atoms with Crippen LogP contribution in [0.3, 0.4) is 0 Å². The highest BCUT2D eigenvalue weighted by molar-refractivity contribution is 7.47. The first kappa shape index (κ1) is 45.0. The van der Waals surface area contributed by atoms with Crippen LogP contribution in [0.1, 0.15) is 187 Å². The third-order valence-corrected chi connectivity index (χ3v) is 9.24. The summed E-state index contributed by atoms with van der Waals surface area (Å²) in [6.07, 6.45) is 32.0. The molecular formula is C36H72NO8P. The topological polar surface area (TPSA) is 131 Å². The van der Waals surface area contributed by atoms with Crippen molar-refractivity contribution in [2.24, 2.45) is 0 Å². The summed E-state index contributed by atoms with van der Waals surface area (Å²) in [4.78, 5) is 32.9. The van der Waals surface area contributed by atoms with Crippen molar-refractivity contribution in [2.75, 3.05) is 26.4 Å². The Bertz CT molecular complexity index is 739. The standard InChI is InChI=1S/C36H72NO8P/c1-3-5-6-7-8-9-10-11-12-13-14-15-16-17-18-19-20-21-22-23-24-25-26-27-29-36(40)43-32-34(38)33-45-46(41,42)44-31-30-37-35(39)28-4-2/h34,38H,3-33H2,1-2H3,(H,37,39)(H,41,42). The number of nitrogens with one attached hydrogen (secondary N) is 1. The molecule has 0 radical (unpaired) electrons. The van der Waals surface area contributed by atoms with Crippen molar-refractivity contribution in [3.05, 3.63) is 0 Å². The van der Waals surface area contributed by atoms with Crippen molar-refractivity contribution in [2.45, 2.75) is 193 Å². The van der Waals surface area contributed by atoms with Crippen LogP contribution < -0.4 is 5.32 Å². The highest BCUT2D eigenvalue weighted by Crippen LogP contribution is 2.42. The molecule has 0 saturated carbocycles. The Balaban J connectivity index is 3.40. The highest BCUT2D eigenvalue weighted by Gasteiger charge is 2.23. The zero-order chi connectivity index (χ0) is 34.0. The zero-order valence-corrected chi connectivity index (χ0v) is 30.7. The van der Waals surface area contributed by atoms with E-state index in [1.807, 2.05) is 6.92 Å². The van der Waals surface area contributed by atoms with Gasteiger partial charge in [0, 0.05) is 19.4 Å². The van der Waals surface area contributed by atoms with Gasteiger partial charge in [-0.25, -0.2) is 4.57 Å². The van der Waals surface area contributed by atoms with Gasteiger partial charge in [-0.3, -0.25) is 18.6 Å². The highest BCUT2D eigenvalue weighted by atomic mass is 31.2. The number of phosphoric ester groups is 1. The van der Waals surface area contributed by atoms with Crippen LogP contribution in [0.5, 0.6) is 0 Å². The molecule has 0 rings (SSSR count). The molecule has 0 aromatic heterocycles. The monoisotopic (exact) mass is 677 g/mol. The maximum atomic E-state index is 11.9. The van der Waals surface area contributed by atoms with E-state index in [4.69, 9.17) is 13.8 Å². The first-order valence-electron chi connectivity index (χ1n) is 19.0. The fraction of sp³-hybridized carbons (Fsp3) is 0.944. The van der Waals surface area contributed by atoms with Crippen molar-refractivity contribution in [1.82, 2.24) is 5.32 Å². The predicted molar refractivity (Wildman–Crippen MR) is 188 cm³/mol. The van der Waals surface area contributed by atoms with E-state index in [2.05, 4.69) is 12.2 Å². The quantitative estimate of drug-likeness (QED) is 0.0339. The molecule has 46 heavy (non-hydrogen) atoms. The summed E-state index contributed by atoms with van der Waals surface area (Å²) in [5.74, 6) is -0.563. The second kappa shape index (κ2) is 33.9. The van der Waals surface area contributed by atoms with Crippen LogP contribution >= 0.6 is 7.82 Å². The van der Waals surface area contributed by atoms with Crippen LogP contribution in [0.25, 0.3) is 0 Å². The molecule has 2 atom stereocenters. The fourth-order valence-electron chi connectivity index (χ4n) is 5.43. The van der Waals surface area contributed by atoms with Crippen LogP contribution in [0.4, 0.5) is 0 Å². The molecule has 0 aliphatic heterocycles. The zero-order valence-electron chi connectivity index (χ0n) is 29.8. The Kier molecular flexibility index (Phi) is 33.2. The molecule has 0 aromatic carbocycles. The molecule has 274 valence electrons. The smallest absolute Gasteiger partial charge is 0.463 e. The fourth-order valence-corrected chi connectivity index (χ4v) is 6.18. The molecule has 0 bridgehead atoms. The van der Waals surface area contributed by atoms with Crippen molar-refractivity contribution in [1.29, 1.82) is 0 Å². The number of aliphatic hydroxyl groups is 1. The van der Waals surface area contributed by atoms with E-state index in [1.54, 1.807) is 0 Å². The lowest BCUT2D eigenvalue weighted by atomic mass is 10.0. The second-order valence-corrected chi connectivity index (χ2v) is 14.4. The summed E-state index contributed by atoms with van der Waals surface area (Å²) in [6, 6.07) is 0. The van der Waals surface area contributed by atoms with Gasteiger partial charge in [-0.2, -0.15) is 0 Å². The minimum atomic E-state index is -4.37. The molecule has 0 aliphatic carbocycles. The SMILES string of the molecule is CCCCCCCCCCCCCCCCCCCCCCCCCCC(=O)OCC(O)COP(=O)(O)OCCNC(=O)CCC. The second-order valence-electron chi connectivity index (χ2n) is 12.9. The first-order chi connectivity index (χ1) is 22.3. The van der Waals surface area contributed by atoms with E-state index in [-0.39, 0.29) is 32.1 Å². The number of carbonyl (C=O) groups excluding carboxylic acids is 2. The molecule has 9 nitrogen and oxygen atoms in total. The minimum Gasteiger partial charge on any atom is -0.463 e. The van der Waals surface area contributed by atoms with Gasteiger partial charge in [0.15, 0.2) is 0 Å². The number of hydrogen-bond acceptors (Lipinski definition) is 7. The average molecular weight is 678 g/mol. The number of unbranched alkanes of at least 4 members (excludes halogenated alkanes) is 23. The Morgan fingerprint density at radius 3 is 1.41 bits per heavy atom. The molecule has 0 aliphatic rings. The van der Waals surface area contributed by atoms with Gasteiger partial charge in [-0.1, -0.05) is 162 Å².